The van der Waals surface area contributed by atoms with Crippen molar-refractivity contribution in [1.29, 1.82) is 0 Å². The van der Waals surface area contributed by atoms with Gasteiger partial charge in [-0.3, -0.25) is 0 Å². The topological polar surface area (TPSA) is 69.4 Å². The Labute approximate surface area is 118 Å². The summed E-state index contributed by atoms with van der Waals surface area (Å²) in [5.74, 6) is 7.38. The van der Waals surface area contributed by atoms with Crippen LogP contribution in [0.2, 0.25) is 0 Å². The summed E-state index contributed by atoms with van der Waals surface area (Å²) in [6.45, 7) is 2.46. The highest BCUT2D eigenvalue weighted by molar-refractivity contribution is 5.43. The number of benzene rings is 1. The van der Waals surface area contributed by atoms with Crippen LogP contribution in [-0.2, 0) is 13.0 Å². The van der Waals surface area contributed by atoms with Crippen molar-refractivity contribution in [3.8, 4) is 11.5 Å². The molecule has 0 unspecified atom stereocenters. The Hall–Kier alpha value is -2.27. The first-order chi connectivity index (χ1) is 9.76. The van der Waals surface area contributed by atoms with Crippen LogP contribution in [0.1, 0.15) is 18.2 Å². The zero-order valence-electron chi connectivity index (χ0n) is 11.7. The lowest BCUT2D eigenvalue weighted by Crippen LogP contribution is -2.10. The molecule has 3 N–H and O–H groups in total. The van der Waals surface area contributed by atoms with Crippen LogP contribution < -0.4 is 20.7 Å². The van der Waals surface area contributed by atoms with E-state index in [1.165, 1.54) is 5.56 Å². The summed E-state index contributed by atoms with van der Waals surface area (Å²) >= 11 is 0. The Morgan fingerprint density at radius 3 is 2.75 bits per heavy atom. The highest BCUT2D eigenvalue weighted by Gasteiger charge is 2.06. The van der Waals surface area contributed by atoms with E-state index in [1.807, 2.05) is 30.3 Å². The first kappa shape index (κ1) is 14.1. The van der Waals surface area contributed by atoms with E-state index in [0.717, 1.165) is 17.9 Å². The average molecular weight is 273 g/mol. The fourth-order valence-corrected chi connectivity index (χ4v) is 1.84. The van der Waals surface area contributed by atoms with Crippen molar-refractivity contribution in [1.82, 2.24) is 4.98 Å². The number of pyridine rings is 1. The van der Waals surface area contributed by atoms with Crippen LogP contribution in [0.25, 0.3) is 0 Å². The molecule has 0 amide bonds. The second-order valence-corrected chi connectivity index (χ2v) is 4.29. The molecule has 2 rings (SSSR count). The van der Waals surface area contributed by atoms with Crippen LogP contribution in [0.5, 0.6) is 11.5 Å². The molecule has 0 fully saturated rings. The Morgan fingerprint density at radius 2 is 2.05 bits per heavy atom. The number of nitrogens with two attached hydrogens (primary N) is 1. The summed E-state index contributed by atoms with van der Waals surface area (Å²) in [7, 11) is 1.64. The van der Waals surface area contributed by atoms with Gasteiger partial charge in [0, 0.05) is 0 Å². The molecule has 0 saturated heterocycles. The van der Waals surface area contributed by atoms with Gasteiger partial charge in [0.1, 0.15) is 12.4 Å². The molecular weight excluding hydrogens is 254 g/mol. The number of aryl methyl sites for hydroxylation is 1. The van der Waals surface area contributed by atoms with Crippen molar-refractivity contribution in [3.63, 3.8) is 0 Å². The second-order valence-electron chi connectivity index (χ2n) is 4.29. The van der Waals surface area contributed by atoms with Gasteiger partial charge in [-0.15, -0.1) is 0 Å². The van der Waals surface area contributed by atoms with Gasteiger partial charge in [-0.1, -0.05) is 19.1 Å². The maximum absolute atomic E-state index is 5.76. The molecule has 0 aliphatic carbocycles. The van der Waals surface area contributed by atoms with Crippen molar-refractivity contribution < 1.29 is 9.47 Å². The van der Waals surface area contributed by atoms with Gasteiger partial charge >= 0.3 is 0 Å². The van der Waals surface area contributed by atoms with Gasteiger partial charge in [0.05, 0.1) is 12.8 Å². The van der Waals surface area contributed by atoms with E-state index in [0.29, 0.717) is 18.2 Å². The predicted octanol–water partition coefficient (Wildman–Crippen LogP) is 2.52. The van der Waals surface area contributed by atoms with Gasteiger partial charge in [-0.2, -0.15) is 0 Å². The van der Waals surface area contributed by atoms with Crippen molar-refractivity contribution >= 4 is 5.82 Å². The maximum atomic E-state index is 5.76. The number of anilines is 1. The third-order valence-corrected chi connectivity index (χ3v) is 2.97. The molecule has 1 heterocycles. The lowest BCUT2D eigenvalue weighted by Gasteiger charge is -2.12. The maximum Gasteiger partial charge on any atom is 0.161 e. The summed E-state index contributed by atoms with van der Waals surface area (Å²) in [5, 5.41) is 0. The zero-order valence-corrected chi connectivity index (χ0v) is 11.7. The first-order valence-corrected chi connectivity index (χ1v) is 6.49. The fourth-order valence-electron chi connectivity index (χ4n) is 1.84. The van der Waals surface area contributed by atoms with Crippen molar-refractivity contribution in [2.75, 3.05) is 12.5 Å². The van der Waals surface area contributed by atoms with Crippen LogP contribution in [0, 0.1) is 0 Å². The minimum atomic E-state index is 0.358. The van der Waals surface area contributed by atoms with Crippen molar-refractivity contribution in [3.05, 3.63) is 47.7 Å². The molecule has 20 heavy (non-hydrogen) atoms. The largest absolute Gasteiger partial charge is 0.493 e. The number of hydrogen-bond acceptors (Lipinski definition) is 5. The van der Waals surface area contributed by atoms with Crippen LogP contribution in [-0.4, -0.2) is 12.1 Å². The number of nitrogen functional groups attached to an aromatic ring is 1. The number of rotatable bonds is 6. The molecule has 0 aliphatic heterocycles. The molecule has 0 aliphatic rings. The number of hydrazine groups is 1. The first-order valence-electron chi connectivity index (χ1n) is 6.49. The predicted molar refractivity (Wildman–Crippen MR) is 78.8 cm³/mol. The molecule has 106 valence electrons. The summed E-state index contributed by atoms with van der Waals surface area (Å²) in [5.41, 5.74) is 4.52. The molecule has 0 spiro atoms. The smallest absolute Gasteiger partial charge is 0.161 e. The number of hydrogen-bond donors (Lipinski definition) is 2. The highest BCUT2D eigenvalue weighted by atomic mass is 16.5. The lowest BCUT2D eigenvalue weighted by atomic mass is 10.1. The minimum Gasteiger partial charge on any atom is -0.493 e. The second kappa shape index (κ2) is 6.77. The third-order valence-electron chi connectivity index (χ3n) is 2.97. The lowest BCUT2D eigenvalue weighted by molar-refractivity contribution is 0.280. The Bertz CT molecular complexity index is 573. The monoisotopic (exact) mass is 273 g/mol. The quantitative estimate of drug-likeness (QED) is 0.625. The van der Waals surface area contributed by atoms with E-state index in [9.17, 15) is 0 Å². The summed E-state index contributed by atoms with van der Waals surface area (Å²) in [6.07, 6.45) is 0.961. The normalized spacial score (nSPS) is 10.2. The molecule has 1 aromatic carbocycles. The Morgan fingerprint density at radius 1 is 1.20 bits per heavy atom. The molecule has 0 radical (unpaired) electrons. The van der Waals surface area contributed by atoms with Gasteiger partial charge in [0.25, 0.3) is 0 Å². The van der Waals surface area contributed by atoms with Gasteiger partial charge in [-0.25, -0.2) is 10.8 Å². The highest BCUT2D eigenvalue weighted by Crippen LogP contribution is 2.28. The third kappa shape index (κ3) is 3.39. The van der Waals surface area contributed by atoms with Gasteiger partial charge in [0.2, 0.25) is 0 Å². The number of nitrogens with one attached hydrogen (secondary N) is 1. The number of methoxy groups -OCH3 is 1. The molecule has 0 bridgehead atoms. The SMILES string of the molecule is CCc1ccc(OCc2cccc(NN)n2)c(OC)c1. The van der Waals surface area contributed by atoms with Crippen molar-refractivity contribution in [2.24, 2.45) is 5.84 Å². The van der Waals surface area contributed by atoms with Gasteiger partial charge in [-0.05, 0) is 36.2 Å². The summed E-state index contributed by atoms with van der Waals surface area (Å²) < 4.78 is 11.1. The van der Waals surface area contributed by atoms with Crippen LogP contribution >= 0.6 is 0 Å². The van der Waals surface area contributed by atoms with E-state index < -0.39 is 0 Å². The van der Waals surface area contributed by atoms with Crippen LogP contribution in [0.3, 0.4) is 0 Å². The number of ether oxygens (including phenoxy) is 2. The molecule has 2 aromatic rings. The zero-order chi connectivity index (χ0) is 14.4. The molecule has 5 heteroatoms. The van der Waals surface area contributed by atoms with Crippen LogP contribution in [0.4, 0.5) is 5.82 Å². The molecule has 0 saturated carbocycles. The van der Waals surface area contributed by atoms with E-state index in [4.69, 9.17) is 15.3 Å². The van der Waals surface area contributed by atoms with Crippen molar-refractivity contribution in [2.45, 2.75) is 20.0 Å². The number of aromatic nitrogens is 1. The Kier molecular flexibility index (Phi) is 4.79. The van der Waals surface area contributed by atoms with Gasteiger partial charge < -0.3 is 14.9 Å². The number of nitrogens with zero attached hydrogens (tertiary/aromatic N) is 1. The summed E-state index contributed by atoms with van der Waals surface area (Å²) in [6, 6.07) is 11.5. The molecular formula is C15H19N3O2. The Balaban J connectivity index is 2.10. The van der Waals surface area contributed by atoms with Gasteiger partial charge in [0.15, 0.2) is 11.5 Å². The molecule has 5 nitrogen and oxygen atoms in total. The van der Waals surface area contributed by atoms with E-state index in [2.05, 4.69) is 17.3 Å². The standard InChI is InChI=1S/C15H19N3O2/c1-3-11-7-8-13(14(9-11)19-2)20-10-12-5-4-6-15(17-12)18-16/h4-9H,3,10,16H2,1-2H3,(H,17,18). The van der Waals surface area contributed by atoms with E-state index in [-0.39, 0.29) is 0 Å². The van der Waals surface area contributed by atoms with E-state index >= 15 is 0 Å². The minimum absolute atomic E-state index is 0.358. The fraction of sp³-hybridized carbons (Fsp3) is 0.267. The van der Waals surface area contributed by atoms with E-state index in [1.54, 1.807) is 13.2 Å². The summed E-state index contributed by atoms with van der Waals surface area (Å²) in [4.78, 5) is 4.29. The average Bonchev–Trinajstić information content (AvgIpc) is 2.52. The molecule has 1 aromatic heterocycles. The van der Waals surface area contributed by atoms with Crippen LogP contribution in [0.15, 0.2) is 36.4 Å². The molecule has 0 atom stereocenters.